The molecule has 1 atom stereocenters. The van der Waals surface area contributed by atoms with Crippen molar-refractivity contribution in [3.8, 4) is 5.75 Å². The van der Waals surface area contributed by atoms with E-state index in [0.29, 0.717) is 45.0 Å². The van der Waals surface area contributed by atoms with Crippen LogP contribution in [-0.4, -0.2) is 66.6 Å². The van der Waals surface area contributed by atoms with Gasteiger partial charge in [-0.05, 0) is 37.5 Å². The van der Waals surface area contributed by atoms with Crippen molar-refractivity contribution in [2.24, 2.45) is 0 Å². The number of hydrogen-bond acceptors (Lipinski definition) is 4. The highest BCUT2D eigenvalue weighted by atomic mass is 16.5. The molecule has 1 aromatic carbocycles. The van der Waals surface area contributed by atoms with E-state index in [4.69, 9.17) is 9.47 Å². The van der Waals surface area contributed by atoms with Crippen LogP contribution in [0.25, 0.3) is 0 Å². The number of amides is 2. The van der Waals surface area contributed by atoms with Crippen LogP contribution in [0.3, 0.4) is 0 Å². The van der Waals surface area contributed by atoms with Crippen LogP contribution in [0.2, 0.25) is 0 Å². The van der Waals surface area contributed by atoms with E-state index in [1.807, 2.05) is 36.1 Å². The number of rotatable bonds is 5. The fourth-order valence-corrected chi connectivity index (χ4v) is 3.82. The van der Waals surface area contributed by atoms with E-state index in [1.54, 1.807) is 4.90 Å². The van der Waals surface area contributed by atoms with Crippen molar-refractivity contribution >= 4 is 11.8 Å². The molecule has 0 saturated carbocycles. The molecule has 26 heavy (non-hydrogen) atoms. The van der Waals surface area contributed by atoms with Crippen LogP contribution in [0.5, 0.6) is 5.75 Å². The molecule has 142 valence electrons. The Hall–Kier alpha value is -2.08. The van der Waals surface area contributed by atoms with E-state index in [-0.39, 0.29) is 24.0 Å². The van der Waals surface area contributed by atoms with E-state index < -0.39 is 0 Å². The van der Waals surface area contributed by atoms with Crippen molar-refractivity contribution in [1.82, 2.24) is 9.80 Å². The molecule has 2 aliphatic heterocycles. The van der Waals surface area contributed by atoms with Gasteiger partial charge in [0.15, 0.2) is 6.61 Å². The van der Waals surface area contributed by atoms with Gasteiger partial charge in [-0.15, -0.1) is 0 Å². The van der Waals surface area contributed by atoms with Crippen LogP contribution < -0.4 is 4.74 Å². The van der Waals surface area contributed by atoms with E-state index in [1.165, 1.54) is 0 Å². The standard InChI is InChI=1S/C20H28N2O4/c1-3-9-22-18(23)7-10-21(14-20(22)8-11-25-15-20)19(24)13-26-17-6-4-5-16(2)12-17/h4-6,12H,3,7-11,13-15H2,1-2H3. The third kappa shape index (κ3) is 4.01. The van der Waals surface area contributed by atoms with Crippen LogP contribution in [0.15, 0.2) is 24.3 Å². The number of carbonyl (C=O) groups is 2. The Morgan fingerprint density at radius 2 is 2.23 bits per heavy atom. The molecule has 0 aliphatic carbocycles. The van der Waals surface area contributed by atoms with E-state index >= 15 is 0 Å². The molecule has 0 bridgehead atoms. The highest BCUT2D eigenvalue weighted by molar-refractivity contribution is 5.82. The van der Waals surface area contributed by atoms with Crippen molar-refractivity contribution in [2.45, 2.75) is 38.6 Å². The van der Waals surface area contributed by atoms with Crippen LogP contribution in [-0.2, 0) is 14.3 Å². The molecule has 1 spiro atoms. The molecule has 0 radical (unpaired) electrons. The molecule has 2 heterocycles. The highest BCUT2D eigenvalue weighted by Crippen LogP contribution is 2.31. The largest absolute Gasteiger partial charge is 0.484 e. The predicted molar refractivity (Wildman–Crippen MR) is 98.0 cm³/mol. The van der Waals surface area contributed by atoms with Gasteiger partial charge in [-0.2, -0.15) is 0 Å². The normalized spacial score (nSPS) is 23.4. The summed E-state index contributed by atoms with van der Waals surface area (Å²) in [6.45, 7) is 6.86. The second-order valence-electron chi connectivity index (χ2n) is 7.24. The first-order valence-corrected chi connectivity index (χ1v) is 9.39. The zero-order valence-corrected chi connectivity index (χ0v) is 15.7. The van der Waals surface area contributed by atoms with Crippen LogP contribution in [0.4, 0.5) is 0 Å². The summed E-state index contributed by atoms with van der Waals surface area (Å²) in [5.41, 5.74) is 0.704. The Labute approximate surface area is 155 Å². The molecule has 0 aromatic heterocycles. The van der Waals surface area contributed by atoms with Gasteiger partial charge in [0.1, 0.15) is 5.75 Å². The third-order valence-corrected chi connectivity index (χ3v) is 5.19. The molecule has 6 heteroatoms. The zero-order valence-electron chi connectivity index (χ0n) is 15.7. The van der Waals surface area contributed by atoms with E-state index in [9.17, 15) is 9.59 Å². The maximum Gasteiger partial charge on any atom is 0.260 e. The van der Waals surface area contributed by atoms with Crippen LogP contribution in [0.1, 0.15) is 31.7 Å². The predicted octanol–water partition coefficient (Wildman–Crippen LogP) is 2.00. The average Bonchev–Trinajstić information content (AvgIpc) is 3.05. The Bertz CT molecular complexity index is 655. The van der Waals surface area contributed by atoms with Crippen molar-refractivity contribution in [3.63, 3.8) is 0 Å². The lowest BCUT2D eigenvalue weighted by Gasteiger charge is -2.40. The lowest BCUT2D eigenvalue weighted by Crippen LogP contribution is -2.57. The molecule has 2 aliphatic rings. The minimum Gasteiger partial charge on any atom is -0.484 e. The van der Waals surface area contributed by atoms with Crippen molar-refractivity contribution in [2.75, 3.05) is 39.5 Å². The minimum atomic E-state index is -0.386. The molecular formula is C20H28N2O4. The number of carbonyl (C=O) groups excluding carboxylic acids is 2. The summed E-state index contributed by atoms with van der Waals surface area (Å²) in [4.78, 5) is 29.1. The summed E-state index contributed by atoms with van der Waals surface area (Å²) in [7, 11) is 0. The maximum absolute atomic E-state index is 12.8. The number of ether oxygens (including phenoxy) is 2. The average molecular weight is 360 g/mol. The highest BCUT2D eigenvalue weighted by Gasteiger charge is 2.46. The smallest absolute Gasteiger partial charge is 0.260 e. The van der Waals surface area contributed by atoms with Gasteiger partial charge in [0, 0.05) is 32.7 Å². The lowest BCUT2D eigenvalue weighted by molar-refractivity contribution is -0.138. The summed E-state index contributed by atoms with van der Waals surface area (Å²) >= 11 is 0. The number of hydrogen-bond donors (Lipinski definition) is 0. The fourth-order valence-electron chi connectivity index (χ4n) is 3.82. The van der Waals surface area contributed by atoms with E-state index in [0.717, 1.165) is 18.4 Å². The summed E-state index contributed by atoms with van der Waals surface area (Å²) in [5.74, 6) is 0.729. The monoisotopic (exact) mass is 360 g/mol. The van der Waals surface area contributed by atoms with Gasteiger partial charge in [-0.3, -0.25) is 9.59 Å². The Kier molecular flexibility index (Phi) is 5.81. The van der Waals surface area contributed by atoms with Crippen LogP contribution >= 0.6 is 0 Å². The Balaban J connectivity index is 1.69. The Morgan fingerprint density at radius 1 is 1.38 bits per heavy atom. The quantitative estimate of drug-likeness (QED) is 0.806. The molecule has 2 saturated heterocycles. The molecular weight excluding hydrogens is 332 g/mol. The van der Waals surface area contributed by atoms with Gasteiger partial charge < -0.3 is 19.3 Å². The van der Waals surface area contributed by atoms with Gasteiger partial charge >= 0.3 is 0 Å². The fraction of sp³-hybridized carbons (Fsp3) is 0.600. The third-order valence-electron chi connectivity index (χ3n) is 5.19. The number of nitrogens with zero attached hydrogens (tertiary/aromatic N) is 2. The van der Waals surface area contributed by atoms with Crippen molar-refractivity contribution in [1.29, 1.82) is 0 Å². The summed E-state index contributed by atoms with van der Waals surface area (Å²) < 4.78 is 11.3. The van der Waals surface area contributed by atoms with Gasteiger partial charge in [-0.25, -0.2) is 0 Å². The molecule has 1 aromatic rings. The first kappa shape index (κ1) is 18.7. The lowest BCUT2D eigenvalue weighted by atomic mass is 9.95. The second-order valence-corrected chi connectivity index (χ2v) is 7.24. The van der Waals surface area contributed by atoms with Crippen molar-refractivity contribution in [3.05, 3.63) is 29.8 Å². The second kappa shape index (κ2) is 8.08. The van der Waals surface area contributed by atoms with Crippen molar-refractivity contribution < 1.29 is 19.1 Å². The summed E-state index contributed by atoms with van der Waals surface area (Å²) in [6.07, 6.45) is 2.04. The van der Waals surface area contributed by atoms with Gasteiger partial charge in [0.05, 0.1) is 12.1 Å². The first-order chi connectivity index (χ1) is 12.5. The molecule has 2 amide bonds. The number of aryl methyl sites for hydroxylation is 1. The minimum absolute atomic E-state index is 0.0115. The SMILES string of the molecule is CCCN1C(=O)CCN(C(=O)COc2cccc(C)c2)CC12CCOC2. The molecule has 1 unspecified atom stereocenters. The van der Waals surface area contributed by atoms with Gasteiger partial charge in [-0.1, -0.05) is 19.1 Å². The summed E-state index contributed by atoms with van der Waals surface area (Å²) in [6, 6.07) is 7.66. The van der Waals surface area contributed by atoms with Crippen LogP contribution in [0, 0.1) is 6.92 Å². The molecule has 0 N–H and O–H groups in total. The molecule has 6 nitrogen and oxygen atoms in total. The maximum atomic E-state index is 12.8. The summed E-state index contributed by atoms with van der Waals surface area (Å²) in [5, 5.41) is 0. The van der Waals surface area contributed by atoms with Gasteiger partial charge in [0.25, 0.3) is 5.91 Å². The number of benzene rings is 1. The Morgan fingerprint density at radius 3 is 2.92 bits per heavy atom. The zero-order chi connectivity index (χ0) is 18.6. The topological polar surface area (TPSA) is 59.1 Å². The van der Waals surface area contributed by atoms with Gasteiger partial charge in [0.2, 0.25) is 5.91 Å². The molecule has 3 rings (SSSR count). The van der Waals surface area contributed by atoms with E-state index in [2.05, 4.69) is 6.92 Å². The molecule has 2 fully saturated rings. The first-order valence-electron chi connectivity index (χ1n) is 9.39.